The highest BCUT2D eigenvalue weighted by atomic mass is 16.5. The average molecular weight is 419 g/mol. The summed E-state index contributed by atoms with van der Waals surface area (Å²) in [5, 5.41) is 7.24. The Morgan fingerprint density at radius 2 is 1.68 bits per heavy atom. The van der Waals surface area contributed by atoms with E-state index in [1.165, 1.54) is 0 Å². The minimum absolute atomic E-state index is 0.0414. The van der Waals surface area contributed by atoms with Gasteiger partial charge in [0.15, 0.2) is 12.4 Å². The molecule has 7 heteroatoms. The van der Waals surface area contributed by atoms with E-state index in [9.17, 15) is 14.4 Å². The lowest BCUT2D eigenvalue weighted by molar-refractivity contribution is -0.141. The van der Waals surface area contributed by atoms with Crippen molar-refractivity contribution in [3.8, 4) is 5.69 Å². The number of ether oxygens (including phenoxy) is 1. The Balaban J connectivity index is 1.59. The summed E-state index contributed by atoms with van der Waals surface area (Å²) in [5.74, 6) is -0.900. The maximum atomic E-state index is 12.3. The second kappa shape index (κ2) is 9.84. The molecule has 3 rings (SSSR count). The topological polar surface area (TPSA) is 90.3 Å². The molecule has 31 heavy (non-hydrogen) atoms. The van der Waals surface area contributed by atoms with Crippen LogP contribution in [0.15, 0.2) is 54.6 Å². The number of benzene rings is 2. The van der Waals surface area contributed by atoms with E-state index in [0.717, 1.165) is 22.6 Å². The van der Waals surface area contributed by atoms with Gasteiger partial charge in [0.2, 0.25) is 5.91 Å². The molecule has 0 saturated heterocycles. The van der Waals surface area contributed by atoms with Crippen molar-refractivity contribution in [2.75, 3.05) is 11.9 Å². The predicted octanol–water partition coefficient (Wildman–Crippen LogP) is 3.81. The van der Waals surface area contributed by atoms with Crippen molar-refractivity contribution in [2.24, 2.45) is 0 Å². The third-order valence-electron chi connectivity index (χ3n) is 4.94. The summed E-state index contributed by atoms with van der Waals surface area (Å²) < 4.78 is 7.00. The molecular weight excluding hydrogens is 394 g/mol. The minimum Gasteiger partial charge on any atom is -0.457 e. The lowest BCUT2D eigenvalue weighted by Gasteiger charge is -2.07. The summed E-state index contributed by atoms with van der Waals surface area (Å²) in [6.45, 7) is 5.17. The molecule has 0 unspecified atom stereocenters. The number of nitrogens with zero attached hydrogens (tertiary/aromatic N) is 2. The molecule has 0 saturated carbocycles. The van der Waals surface area contributed by atoms with Crippen LogP contribution in [0.25, 0.3) is 5.69 Å². The van der Waals surface area contributed by atoms with E-state index in [1.54, 1.807) is 35.9 Å². The van der Waals surface area contributed by atoms with Gasteiger partial charge in [-0.15, -0.1) is 0 Å². The molecule has 0 bridgehead atoms. The van der Waals surface area contributed by atoms with Gasteiger partial charge in [0.05, 0.1) is 17.8 Å². The highest BCUT2D eigenvalue weighted by Crippen LogP contribution is 2.19. The SMILES string of the molecule is CCC(=O)Nc1ccc(C(=O)COC(=O)Cc2c(C)nn(-c3ccccc3)c2C)cc1. The van der Waals surface area contributed by atoms with Crippen LogP contribution in [-0.4, -0.2) is 34.0 Å². The van der Waals surface area contributed by atoms with Crippen LogP contribution in [0.3, 0.4) is 0 Å². The fourth-order valence-electron chi connectivity index (χ4n) is 3.16. The normalized spacial score (nSPS) is 10.5. The smallest absolute Gasteiger partial charge is 0.310 e. The maximum absolute atomic E-state index is 12.3. The Hall–Kier alpha value is -3.74. The standard InChI is InChI=1S/C24H25N3O4/c1-4-23(29)25-19-12-10-18(11-13-19)22(28)15-31-24(30)14-21-16(2)26-27(17(21)3)20-8-6-5-7-9-20/h5-13H,4,14-15H2,1-3H3,(H,25,29). The van der Waals surface area contributed by atoms with Crippen molar-refractivity contribution in [3.05, 3.63) is 77.1 Å². The molecular formula is C24H25N3O4. The summed E-state index contributed by atoms with van der Waals surface area (Å²) in [6, 6.07) is 16.2. The third kappa shape index (κ3) is 5.45. The van der Waals surface area contributed by atoms with E-state index < -0.39 is 5.97 Å². The number of ketones is 1. The van der Waals surface area contributed by atoms with Crippen LogP contribution < -0.4 is 5.32 Å². The van der Waals surface area contributed by atoms with Crippen LogP contribution in [0.5, 0.6) is 0 Å². The first-order valence-corrected chi connectivity index (χ1v) is 10.1. The van der Waals surface area contributed by atoms with Crippen LogP contribution in [0, 0.1) is 13.8 Å². The molecule has 2 aromatic carbocycles. The molecule has 160 valence electrons. The fraction of sp³-hybridized carbons (Fsp3) is 0.250. The molecule has 1 N–H and O–H groups in total. The number of aryl methyl sites for hydroxylation is 1. The minimum atomic E-state index is -0.487. The Morgan fingerprint density at radius 3 is 2.32 bits per heavy atom. The Labute approximate surface area is 181 Å². The number of hydrogen-bond donors (Lipinski definition) is 1. The monoisotopic (exact) mass is 419 g/mol. The van der Waals surface area contributed by atoms with Gasteiger partial charge < -0.3 is 10.1 Å². The van der Waals surface area contributed by atoms with Crippen molar-refractivity contribution < 1.29 is 19.1 Å². The summed E-state index contributed by atoms with van der Waals surface area (Å²) in [5.41, 5.74) is 4.33. The number of amides is 1. The lowest BCUT2D eigenvalue weighted by Crippen LogP contribution is -2.16. The van der Waals surface area contributed by atoms with Crippen LogP contribution in [-0.2, 0) is 20.7 Å². The number of rotatable bonds is 8. The maximum Gasteiger partial charge on any atom is 0.310 e. The number of hydrogen-bond acceptors (Lipinski definition) is 5. The van der Waals surface area contributed by atoms with Gasteiger partial charge in [0, 0.05) is 28.9 Å². The van der Waals surface area contributed by atoms with E-state index >= 15 is 0 Å². The largest absolute Gasteiger partial charge is 0.457 e. The molecule has 1 amide bonds. The van der Waals surface area contributed by atoms with Gasteiger partial charge in [0.1, 0.15) is 0 Å². The Kier molecular flexibility index (Phi) is 6.97. The molecule has 3 aromatic rings. The molecule has 1 aromatic heterocycles. The number of esters is 1. The van der Waals surface area contributed by atoms with Gasteiger partial charge in [-0.3, -0.25) is 14.4 Å². The van der Waals surface area contributed by atoms with Crippen LogP contribution in [0.4, 0.5) is 5.69 Å². The fourth-order valence-corrected chi connectivity index (χ4v) is 3.16. The molecule has 0 aliphatic carbocycles. The third-order valence-corrected chi connectivity index (χ3v) is 4.94. The molecule has 0 radical (unpaired) electrons. The first kappa shape index (κ1) is 22.0. The quantitative estimate of drug-likeness (QED) is 0.443. The zero-order chi connectivity index (χ0) is 22.4. The van der Waals surface area contributed by atoms with E-state index in [2.05, 4.69) is 10.4 Å². The van der Waals surface area contributed by atoms with Crippen LogP contribution in [0.1, 0.15) is 40.7 Å². The van der Waals surface area contributed by atoms with E-state index in [1.807, 2.05) is 44.2 Å². The molecule has 0 atom stereocenters. The number of carbonyl (C=O) groups excluding carboxylic acids is 3. The zero-order valence-electron chi connectivity index (χ0n) is 17.8. The Morgan fingerprint density at radius 1 is 1.00 bits per heavy atom. The van der Waals surface area contributed by atoms with Crippen molar-refractivity contribution in [1.82, 2.24) is 9.78 Å². The second-order valence-electron chi connectivity index (χ2n) is 7.14. The highest BCUT2D eigenvalue weighted by molar-refractivity contribution is 5.99. The van der Waals surface area contributed by atoms with E-state index in [0.29, 0.717) is 17.7 Å². The van der Waals surface area contributed by atoms with Crippen molar-refractivity contribution >= 4 is 23.3 Å². The predicted molar refractivity (Wildman–Crippen MR) is 117 cm³/mol. The van der Waals surface area contributed by atoms with Crippen molar-refractivity contribution in [2.45, 2.75) is 33.6 Å². The average Bonchev–Trinajstić information content (AvgIpc) is 3.06. The highest BCUT2D eigenvalue weighted by Gasteiger charge is 2.18. The lowest BCUT2D eigenvalue weighted by atomic mass is 10.1. The molecule has 7 nitrogen and oxygen atoms in total. The van der Waals surface area contributed by atoms with Gasteiger partial charge in [-0.2, -0.15) is 5.10 Å². The van der Waals surface area contributed by atoms with Gasteiger partial charge in [0.25, 0.3) is 0 Å². The van der Waals surface area contributed by atoms with E-state index in [-0.39, 0.29) is 24.7 Å². The molecule has 0 fully saturated rings. The first-order chi connectivity index (χ1) is 14.9. The van der Waals surface area contributed by atoms with Crippen molar-refractivity contribution in [1.29, 1.82) is 0 Å². The summed E-state index contributed by atoms with van der Waals surface area (Å²) in [6.07, 6.45) is 0.416. The molecule has 1 heterocycles. The molecule has 0 spiro atoms. The molecule has 0 aliphatic rings. The second-order valence-corrected chi connectivity index (χ2v) is 7.14. The molecule has 0 aliphatic heterocycles. The summed E-state index contributed by atoms with van der Waals surface area (Å²) >= 11 is 0. The number of nitrogens with one attached hydrogen (secondary N) is 1. The number of para-hydroxylation sites is 1. The number of carbonyl (C=O) groups is 3. The first-order valence-electron chi connectivity index (χ1n) is 10.1. The number of anilines is 1. The van der Waals surface area contributed by atoms with Gasteiger partial charge >= 0.3 is 5.97 Å². The Bertz CT molecular complexity index is 1090. The van der Waals surface area contributed by atoms with E-state index in [4.69, 9.17) is 4.74 Å². The van der Waals surface area contributed by atoms with Crippen LogP contribution >= 0.6 is 0 Å². The van der Waals surface area contributed by atoms with Gasteiger partial charge in [-0.05, 0) is 50.2 Å². The number of Topliss-reactive ketones (excluding diaryl/α,β-unsaturated/α-hetero) is 1. The number of aromatic nitrogens is 2. The zero-order valence-corrected chi connectivity index (χ0v) is 17.8. The summed E-state index contributed by atoms with van der Waals surface area (Å²) in [4.78, 5) is 36.1. The summed E-state index contributed by atoms with van der Waals surface area (Å²) in [7, 11) is 0. The van der Waals surface area contributed by atoms with Crippen molar-refractivity contribution in [3.63, 3.8) is 0 Å². The van der Waals surface area contributed by atoms with Gasteiger partial charge in [-0.1, -0.05) is 25.1 Å². The van der Waals surface area contributed by atoms with Gasteiger partial charge in [-0.25, -0.2) is 4.68 Å². The van der Waals surface area contributed by atoms with Crippen LogP contribution in [0.2, 0.25) is 0 Å².